The summed E-state index contributed by atoms with van der Waals surface area (Å²) in [7, 11) is 0. The summed E-state index contributed by atoms with van der Waals surface area (Å²) in [5, 5.41) is 4.52. The van der Waals surface area contributed by atoms with Crippen LogP contribution in [0.25, 0.3) is 28.0 Å². The second-order valence-corrected chi connectivity index (χ2v) is 6.88. The van der Waals surface area contributed by atoms with Gasteiger partial charge in [0.15, 0.2) is 0 Å². The third-order valence-electron chi connectivity index (χ3n) is 4.38. The van der Waals surface area contributed by atoms with Crippen LogP contribution in [0.1, 0.15) is 21.9 Å². The molecule has 28 heavy (non-hydrogen) atoms. The number of hydrogen-bond acceptors (Lipinski definition) is 4. The molecule has 4 aromatic rings. The lowest BCUT2D eigenvalue weighted by Crippen LogP contribution is -2.12. The molecule has 3 N–H and O–H groups in total. The van der Waals surface area contributed by atoms with E-state index in [9.17, 15) is 4.79 Å². The van der Waals surface area contributed by atoms with Gasteiger partial charge in [0, 0.05) is 16.0 Å². The molecule has 0 atom stereocenters. The van der Waals surface area contributed by atoms with Crippen molar-refractivity contribution < 1.29 is 13.6 Å². The Hall–Kier alpha value is -3.44. The second-order valence-electron chi connectivity index (χ2n) is 6.44. The molecule has 6 heteroatoms. The molecule has 2 aromatic heterocycles. The van der Waals surface area contributed by atoms with Crippen molar-refractivity contribution >= 4 is 39.9 Å². The summed E-state index contributed by atoms with van der Waals surface area (Å²) < 4.78 is 11.5. The highest BCUT2D eigenvalue weighted by Crippen LogP contribution is 2.34. The van der Waals surface area contributed by atoms with Crippen LogP contribution < -0.4 is 11.1 Å². The van der Waals surface area contributed by atoms with E-state index in [-0.39, 0.29) is 5.76 Å². The highest BCUT2D eigenvalue weighted by Gasteiger charge is 2.20. The van der Waals surface area contributed by atoms with E-state index in [0.29, 0.717) is 33.5 Å². The Balaban J connectivity index is 1.66. The van der Waals surface area contributed by atoms with Crippen LogP contribution in [0.3, 0.4) is 0 Å². The molecule has 1 amide bonds. The van der Waals surface area contributed by atoms with Crippen molar-refractivity contribution in [1.82, 2.24) is 0 Å². The number of nitrogens with one attached hydrogen (secondary N) is 1. The molecule has 0 aliphatic carbocycles. The van der Waals surface area contributed by atoms with Crippen LogP contribution in [-0.4, -0.2) is 5.91 Å². The quantitative estimate of drug-likeness (QED) is 0.447. The molecule has 0 unspecified atom stereocenters. The van der Waals surface area contributed by atoms with Crippen LogP contribution in [0.2, 0.25) is 5.02 Å². The second kappa shape index (κ2) is 6.94. The molecule has 0 saturated heterocycles. The molecule has 0 spiro atoms. The molecule has 2 heterocycles. The zero-order valence-corrected chi connectivity index (χ0v) is 15.8. The fourth-order valence-corrected chi connectivity index (χ4v) is 3.11. The van der Waals surface area contributed by atoms with Gasteiger partial charge in [-0.2, -0.15) is 0 Å². The highest BCUT2D eigenvalue weighted by atomic mass is 35.5. The molecule has 0 aliphatic heterocycles. The van der Waals surface area contributed by atoms with Crippen LogP contribution in [0.15, 0.2) is 70.0 Å². The Bertz CT molecular complexity index is 1200. The average molecular weight is 393 g/mol. The van der Waals surface area contributed by atoms with Crippen molar-refractivity contribution in [3.63, 3.8) is 0 Å². The zero-order chi connectivity index (χ0) is 19.8. The maximum absolute atomic E-state index is 11.8. The van der Waals surface area contributed by atoms with Gasteiger partial charge < -0.3 is 19.9 Å². The normalized spacial score (nSPS) is 10.9. The van der Waals surface area contributed by atoms with E-state index in [2.05, 4.69) is 11.9 Å². The maximum atomic E-state index is 11.8. The molecule has 0 bridgehead atoms. The first-order chi connectivity index (χ1) is 13.4. The van der Waals surface area contributed by atoms with Gasteiger partial charge in [0.2, 0.25) is 5.76 Å². The minimum absolute atomic E-state index is 0.0474. The summed E-state index contributed by atoms with van der Waals surface area (Å²) in [6.07, 6.45) is 0. The number of nitrogens with two attached hydrogens (primary N) is 1. The summed E-state index contributed by atoms with van der Waals surface area (Å²) >= 11 is 5.93. The predicted octanol–water partition coefficient (Wildman–Crippen LogP) is 5.84. The lowest BCUT2D eigenvalue weighted by molar-refractivity contribution is 0.0977. The molecular weight excluding hydrogens is 376 g/mol. The van der Waals surface area contributed by atoms with Gasteiger partial charge in [-0.25, -0.2) is 0 Å². The summed E-state index contributed by atoms with van der Waals surface area (Å²) in [5.41, 5.74) is 8.92. The molecule has 0 aliphatic rings. The predicted molar refractivity (Wildman–Crippen MR) is 111 cm³/mol. The van der Waals surface area contributed by atoms with Gasteiger partial charge in [-0.3, -0.25) is 4.79 Å². The largest absolute Gasteiger partial charge is 0.455 e. The van der Waals surface area contributed by atoms with Crippen molar-refractivity contribution in [3.8, 4) is 11.3 Å². The van der Waals surface area contributed by atoms with E-state index in [4.69, 9.17) is 26.2 Å². The SMILES string of the molecule is C=C(Nc1c(C(N)=O)oc2cc(C)ccc12)c1ccc(-c2ccc(Cl)cc2)o1. The first kappa shape index (κ1) is 17.9. The topological polar surface area (TPSA) is 81.4 Å². The fraction of sp³-hybridized carbons (Fsp3) is 0.0455. The number of fused-ring (bicyclic) bond motifs is 1. The first-order valence-corrected chi connectivity index (χ1v) is 8.95. The van der Waals surface area contributed by atoms with Gasteiger partial charge >= 0.3 is 0 Å². The van der Waals surface area contributed by atoms with Crippen molar-refractivity contribution in [2.24, 2.45) is 5.73 Å². The number of halogens is 1. The lowest BCUT2D eigenvalue weighted by atomic mass is 10.1. The van der Waals surface area contributed by atoms with E-state index in [1.54, 1.807) is 18.2 Å². The Morgan fingerprint density at radius 1 is 1.07 bits per heavy atom. The van der Waals surface area contributed by atoms with Crippen molar-refractivity contribution in [1.29, 1.82) is 0 Å². The lowest BCUT2D eigenvalue weighted by Gasteiger charge is -2.07. The van der Waals surface area contributed by atoms with Crippen molar-refractivity contribution in [2.45, 2.75) is 6.92 Å². The Morgan fingerprint density at radius 3 is 2.54 bits per heavy atom. The van der Waals surface area contributed by atoms with Gasteiger partial charge in [0.05, 0.1) is 11.4 Å². The summed E-state index contributed by atoms with van der Waals surface area (Å²) in [4.78, 5) is 11.8. The van der Waals surface area contributed by atoms with Crippen LogP contribution in [0.4, 0.5) is 5.69 Å². The number of primary amides is 1. The van der Waals surface area contributed by atoms with Crippen molar-refractivity contribution in [3.05, 3.63) is 83.3 Å². The van der Waals surface area contributed by atoms with Gasteiger partial charge in [-0.05, 0) is 61.0 Å². The number of hydrogen-bond donors (Lipinski definition) is 2. The minimum Gasteiger partial charge on any atom is -0.455 e. The molecule has 0 radical (unpaired) electrons. The number of anilines is 1. The standard InChI is InChI=1S/C22H17ClN2O3/c1-12-3-8-16-19(11-12)28-21(22(24)26)20(16)25-13(2)17-9-10-18(27-17)14-4-6-15(23)7-5-14/h3-11,25H,2H2,1H3,(H2,24,26). The molecule has 0 fully saturated rings. The Morgan fingerprint density at radius 2 is 1.82 bits per heavy atom. The fourth-order valence-electron chi connectivity index (χ4n) is 2.98. The first-order valence-electron chi connectivity index (χ1n) is 8.57. The van der Waals surface area contributed by atoms with E-state index >= 15 is 0 Å². The third-order valence-corrected chi connectivity index (χ3v) is 4.63. The number of amides is 1. The molecule has 0 saturated carbocycles. The van der Waals surface area contributed by atoms with Crippen LogP contribution in [-0.2, 0) is 0 Å². The molecule has 5 nitrogen and oxygen atoms in total. The summed E-state index contributed by atoms with van der Waals surface area (Å²) in [6, 6.07) is 16.6. The summed E-state index contributed by atoms with van der Waals surface area (Å²) in [5.74, 6) is 0.593. The number of furan rings is 2. The number of carbonyl (C=O) groups excluding carboxylic acids is 1. The molecule has 4 rings (SSSR count). The third kappa shape index (κ3) is 3.28. The van der Waals surface area contributed by atoms with Crippen LogP contribution in [0, 0.1) is 6.92 Å². The molecule has 2 aromatic carbocycles. The van der Waals surface area contributed by atoms with E-state index in [1.807, 2.05) is 43.3 Å². The number of rotatable bonds is 5. The smallest absolute Gasteiger partial charge is 0.286 e. The average Bonchev–Trinajstić information content (AvgIpc) is 3.28. The number of aryl methyl sites for hydroxylation is 1. The van der Waals surface area contributed by atoms with Crippen molar-refractivity contribution in [2.75, 3.05) is 5.32 Å². The Labute approximate surface area is 166 Å². The monoisotopic (exact) mass is 392 g/mol. The molecule has 140 valence electrons. The number of carbonyl (C=O) groups is 1. The number of benzene rings is 2. The van der Waals surface area contributed by atoms with Gasteiger partial charge in [-0.1, -0.05) is 24.2 Å². The highest BCUT2D eigenvalue weighted by molar-refractivity contribution is 6.30. The summed E-state index contributed by atoms with van der Waals surface area (Å²) in [6.45, 7) is 5.97. The zero-order valence-electron chi connectivity index (χ0n) is 15.1. The van der Waals surface area contributed by atoms with Gasteiger partial charge in [0.25, 0.3) is 5.91 Å². The Kier molecular flexibility index (Phi) is 4.45. The van der Waals surface area contributed by atoms with E-state index in [1.165, 1.54) is 0 Å². The van der Waals surface area contributed by atoms with Gasteiger partial charge in [-0.15, -0.1) is 0 Å². The van der Waals surface area contributed by atoms with E-state index < -0.39 is 5.91 Å². The van der Waals surface area contributed by atoms with Gasteiger partial charge in [0.1, 0.15) is 17.1 Å². The maximum Gasteiger partial charge on any atom is 0.286 e. The van der Waals surface area contributed by atoms with E-state index in [0.717, 1.165) is 16.5 Å². The molecular formula is C22H17ClN2O3. The van der Waals surface area contributed by atoms with Crippen LogP contribution in [0.5, 0.6) is 0 Å². The van der Waals surface area contributed by atoms with Crippen LogP contribution >= 0.6 is 11.6 Å². The minimum atomic E-state index is -0.662.